The average Bonchev–Trinajstić information content (AvgIpc) is 2.84. The molecular formula is C16H24O2S. The molecule has 106 valence electrons. The quantitative estimate of drug-likeness (QED) is 0.419. The Morgan fingerprint density at radius 1 is 0.947 bits per heavy atom. The lowest BCUT2D eigenvalue weighted by Gasteiger charge is -2.01. The normalized spacial score (nSPS) is 10.6. The van der Waals surface area contributed by atoms with Crippen LogP contribution in [0, 0.1) is 0 Å². The molecule has 0 aliphatic heterocycles. The smallest absolute Gasteiger partial charge is 0.160 e. The fraction of sp³-hybridized carbons (Fsp3) is 0.625. The van der Waals surface area contributed by atoms with E-state index in [1.54, 1.807) is 0 Å². The molecule has 0 fully saturated rings. The molecule has 0 spiro atoms. The van der Waals surface area contributed by atoms with Gasteiger partial charge in [-0.15, -0.1) is 11.3 Å². The summed E-state index contributed by atoms with van der Waals surface area (Å²) >= 11 is 1.30. The summed E-state index contributed by atoms with van der Waals surface area (Å²) in [6, 6.07) is 1.86. The van der Waals surface area contributed by atoms with Gasteiger partial charge in [0, 0.05) is 0 Å². The zero-order valence-electron chi connectivity index (χ0n) is 11.8. The first-order valence-electron chi connectivity index (χ1n) is 7.35. The number of aryl methyl sites for hydroxylation is 1. The van der Waals surface area contributed by atoms with Gasteiger partial charge in [0.15, 0.2) is 12.6 Å². The molecule has 19 heavy (non-hydrogen) atoms. The van der Waals surface area contributed by atoms with E-state index < -0.39 is 0 Å². The Hall–Kier alpha value is -0.960. The lowest BCUT2D eigenvalue weighted by Crippen LogP contribution is -1.88. The third-order valence-corrected chi connectivity index (χ3v) is 4.41. The van der Waals surface area contributed by atoms with Crippen LogP contribution in [0.2, 0.25) is 0 Å². The highest BCUT2D eigenvalue weighted by atomic mass is 32.1. The maximum Gasteiger partial charge on any atom is 0.160 e. The second kappa shape index (κ2) is 9.90. The molecule has 0 aliphatic rings. The van der Waals surface area contributed by atoms with Gasteiger partial charge in [-0.25, -0.2) is 0 Å². The van der Waals surface area contributed by atoms with Gasteiger partial charge >= 0.3 is 0 Å². The van der Waals surface area contributed by atoms with Crippen LogP contribution in [0.25, 0.3) is 0 Å². The number of rotatable bonds is 11. The van der Waals surface area contributed by atoms with Crippen molar-refractivity contribution in [2.75, 3.05) is 0 Å². The standard InChI is InChI=1S/C16H24O2S/c1-2-3-4-5-6-7-8-9-10-14-11-15(12-17)19-16(14)13-18/h11-13H,2-10H2,1H3. The molecule has 0 atom stereocenters. The summed E-state index contributed by atoms with van der Waals surface area (Å²) in [4.78, 5) is 23.0. The van der Waals surface area contributed by atoms with E-state index in [0.717, 1.165) is 35.9 Å². The van der Waals surface area contributed by atoms with Crippen molar-refractivity contribution in [3.8, 4) is 0 Å². The Morgan fingerprint density at radius 2 is 1.58 bits per heavy atom. The minimum Gasteiger partial charge on any atom is -0.297 e. The number of aldehydes is 2. The summed E-state index contributed by atoms with van der Waals surface area (Å²) < 4.78 is 0. The molecule has 0 saturated heterocycles. The van der Waals surface area contributed by atoms with Gasteiger partial charge in [-0.3, -0.25) is 9.59 Å². The number of unbranched alkanes of at least 4 members (excludes halogenated alkanes) is 7. The highest BCUT2D eigenvalue weighted by Gasteiger charge is 2.07. The highest BCUT2D eigenvalue weighted by molar-refractivity contribution is 7.15. The average molecular weight is 280 g/mol. The summed E-state index contributed by atoms with van der Waals surface area (Å²) in [5.41, 5.74) is 1.05. The number of thiophene rings is 1. The van der Waals surface area contributed by atoms with Crippen molar-refractivity contribution < 1.29 is 9.59 Å². The maximum absolute atomic E-state index is 10.9. The predicted octanol–water partition coefficient (Wildman–Crippen LogP) is 5.06. The Bertz CT molecular complexity index is 382. The predicted molar refractivity (Wildman–Crippen MR) is 81.4 cm³/mol. The minimum atomic E-state index is 0.664. The zero-order valence-corrected chi connectivity index (χ0v) is 12.6. The van der Waals surface area contributed by atoms with E-state index in [0.29, 0.717) is 4.88 Å². The molecule has 0 aromatic carbocycles. The van der Waals surface area contributed by atoms with Crippen molar-refractivity contribution in [1.29, 1.82) is 0 Å². The molecule has 3 heteroatoms. The zero-order chi connectivity index (χ0) is 13.9. The first-order chi connectivity index (χ1) is 9.31. The van der Waals surface area contributed by atoms with Gasteiger partial charge in [-0.1, -0.05) is 51.9 Å². The van der Waals surface area contributed by atoms with Gasteiger partial charge < -0.3 is 0 Å². The van der Waals surface area contributed by atoms with Crippen molar-refractivity contribution in [1.82, 2.24) is 0 Å². The number of carbonyl (C=O) groups is 2. The summed E-state index contributed by atoms with van der Waals surface area (Å²) in [7, 11) is 0. The third kappa shape index (κ3) is 6.15. The van der Waals surface area contributed by atoms with Crippen LogP contribution in [-0.4, -0.2) is 12.6 Å². The lowest BCUT2D eigenvalue weighted by atomic mass is 10.0. The summed E-state index contributed by atoms with van der Waals surface area (Å²) in [5.74, 6) is 0. The molecule has 0 bridgehead atoms. The number of hydrogen-bond acceptors (Lipinski definition) is 3. The molecule has 1 rings (SSSR count). The lowest BCUT2D eigenvalue weighted by molar-refractivity contribution is 0.111. The second-order valence-corrected chi connectivity index (χ2v) is 6.11. The molecular weight excluding hydrogens is 256 g/mol. The van der Waals surface area contributed by atoms with Crippen molar-refractivity contribution in [2.45, 2.75) is 64.7 Å². The molecule has 1 aromatic rings. The van der Waals surface area contributed by atoms with E-state index in [9.17, 15) is 9.59 Å². The van der Waals surface area contributed by atoms with Crippen molar-refractivity contribution in [2.24, 2.45) is 0 Å². The molecule has 1 aromatic heterocycles. The van der Waals surface area contributed by atoms with Crippen LogP contribution in [0.15, 0.2) is 6.07 Å². The fourth-order valence-corrected chi connectivity index (χ4v) is 3.11. The molecule has 0 amide bonds. The summed E-state index contributed by atoms with van der Waals surface area (Å²) in [5, 5.41) is 0. The van der Waals surface area contributed by atoms with Gasteiger partial charge in [0.25, 0.3) is 0 Å². The van der Waals surface area contributed by atoms with Crippen LogP contribution in [0.3, 0.4) is 0 Å². The minimum absolute atomic E-state index is 0.664. The molecule has 0 saturated carbocycles. The third-order valence-electron chi connectivity index (χ3n) is 3.38. The Kier molecular flexibility index (Phi) is 8.39. The first-order valence-corrected chi connectivity index (χ1v) is 8.16. The van der Waals surface area contributed by atoms with E-state index in [-0.39, 0.29) is 0 Å². The van der Waals surface area contributed by atoms with Gasteiger partial charge in [0.05, 0.1) is 9.75 Å². The molecule has 0 aliphatic carbocycles. The Morgan fingerprint density at radius 3 is 2.16 bits per heavy atom. The van der Waals surface area contributed by atoms with Gasteiger partial charge in [-0.2, -0.15) is 0 Å². The molecule has 0 radical (unpaired) electrons. The van der Waals surface area contributed by atoms with Gasteiger partial charge in [-0.05, 0) is 24.5 Å². The van der Waals surface area contributed by atoms with Crippen molar-refractivity contribution in [3.63, 3.8) is 0 Å². The first kappa shape index (κ1) is 16.1. The maximum atomic E-state index is 10.9. The largest absolute Gasteiger partial charge is 0.297 e. The van der Waals surface area contributed by atoms with Crippen molar-refractivity contribution in [3.05, 3.63) is 21.4 Å². The van der Waals surface area contributed by atoms with Crippen LogP contribution >= 0.6 is 11.3 Å². The van der Waals surface area contributed by atoms with Gasteiger partial charge in [0.1, 0.15) is 0 Å². The van der Waals surface area contributed by atoms with Crippen LogP contribution in [0.4, 0.5) is 0 Å². The summed E-state index contributed by atoms with van der Waals surface area (Å²) in [6.45, 7) is 2.24. The van der Waals surface area contributed by atoms with Crippen LogP contribution < -0.4 is 0 Å². The van der Waals surface area contributed by atoms with Gasteiger partial charge in [0.2, 0.25) is 0 Å². The van der Waals surface area contributed by atoms with Crippen LogP contribution in [0.1, 0.15) is 83.2 Å². The molecule has 0 N–H and O–H groups in total. The Labute approximate surface area is 120 Å². The Balaban J connectivity index is 2.16. The van der Waals surface area contributed by atoms with E-state index >= 15 is 0 Å². The topological polar surface area (TPSA) is 34.1 Å². The fourth-order valence-electron chi connectivity index (χ4n) is 2.27. The van der Waals surface area contributed by atoms with Crippen LogP contribution in [-0.2, 0) is 6.42 Å². The van der Waals surface area contributed by atoms with E-state index in [2.05, 4.69) is 6.92 Å². The van der Waals surface area contributed by atoms with Crippen LogP contribution in [0.5, 0.6) is 0 Å². The SMILES string of the molecule is CCCCCCCCCCc1cc(C=O)sc1C=O. The van der Waals surface area contributed by atoms with E-state index in [1.165, 1.54) is 56.3 Å². The monoisotopic (exact) mass is 280 g/mol. The summed E-state index contributed by atoms with van der Waals surface area (Å²) in [6.07, 6.45) is 12.9. The van der Waals surface area contributed by atoms with Crippen molar-refractivity contribution >= 4 is 23.9 Å². The molecule has 2 nitrogen and oxygen atoms in total. The second-order valence-electron chi connectivity index (χ2n) is 5.00. The molecule has 1 heterocycles. The number of carbonyl (C=O) groups excluding carboxylic acids is 2. The molecule has 0 unspecified atom stereocenters. The highest BCUT2D eigenvalue weighted by Crippen LogP contribution is 2.21. The van der Waals surface area contributed by atoms with E-state index in [1.807, 2.05) is 6.07 Å². The number of hydrogen-bond donors (Lipinski definition) is 0. The van der Waals surface area contributed by atoms with E-state index in [4.69, 9.17) is 0 Å².